The highest BCUT2D eigenvalue weighted by Gasteiger charge is 2.10. The first-order valence-electron chi connectivity index (χ1n) is 7.84. The molecule has 0 rings (SSSR count). The van der Waals surface area contributed by atoms with Gasteiger partial charge in [0.05, 0.1) is 6.61 Å². The maximum Gasteiger partial charge on any atom is 0.191 e. The Morgan fingerprint density at radius 2 is 2.00 bits per heavy atom. The lowest BCUT2D eigenvalue weighted by molar-refractivity contribution is 0.152. The molecule has 120 valence electrons. The van der Waals surface area contributed by atoms with Crippen molar-refractivity contribution in [3.05, 3.63) is 0 Å². The van der Waals surface area contributed by atoms with Crippen LogP contribution < -0.4 is 10.6 Å². The molecule has 0 saturated heterocycles. The zero-order chi connectivity index (χ0) is 15.2. The van der Waals surface area contributed by atoms with Crippen LogP contribution in [0.5, 0.6) is 0 Å². The fourth-order valence-electron chi connectivity index (χ4n) is 2.08. The van der Waals surface area contributed by atoms with Gasteiger partial charge in [-0.25, -0.2) is 0 Å². The monoisotopic (exact) mass is 287 g/mol. The predicted octanol–water partition coefficient (Wildman–Crippen LogP) is 1.62. The Bertz CT molecular complexity index is 245. The second-order valence-electron chi connectivity index (χ2n) is 5.35. The summed E-state index contributed by atoms with van der Waals surface area (Å²) in [5.74, 6) is 1.91. The Kier molecular flexibility index (Phi) is 12.7. The van der Waals surface area contributed by atoms with Crippen LogP contribution in [0, 0.1) is 11.8 Å². The third-order valence-electron chi connectivity index (χ3n) is 2.94. The number of aliphatic hydroxyl groups excluding tert-OH is 1. The molecule has 5 heteroatoms. The minimum atomic E-state index is 0.237. The second kappa shape index (κ2) is 13.2. The van der Waals surface area contributed by atoms with E-state index in [-0.39, 0.29) is 6.61 Å². The number of guanidine groups is 1. The van der Waals surface area contributed by atoms with Crippen LogP contribution in [0.15, 0.2) is 4.99 Å². The molecular formula is C15H33N3O2. The summed E-state index contributed by atoms with van der Waals surface area (Å²) in [4.78, 5) is 4.61. The van der Waals surface area contributed by atoms with Gasteiger partial charge in [0.2, 0.25) is 0 Å². The van der Waals surface area contributed by atoms with Crippen molar-refractivity contribution in [3.63, 3.8) is 0 Å². The average Bonchev–Trinajstić information content (AvgIpc) is 2.40. The zero-order valence-corrected chi connectivity index (χ0v) is 13.6. The fraction of sp³-hybridized carbons (Fsp3) is 0.933. The molecule has 0 aliphatic heterocycles. The lowest BCUT2D eigenvalue weighted by Gasteiger charge is -2.17. The predicted molar refractivity (Wildman–Crippen MR) is 85.1 cm³/mol. The van der Waals surface area contributed by atoms with E-state index < -0.39 is 0 Å². The van der Waals surface area contributed by atoms with Gasteiger partial charge in [-0.05, 0) is 38.5 Å². The van der Waals surface area contributed by atoms with Crippen LogP contribution in [0.4, 0.5) is 0 Å². The van der Waals surface area contributed by atoms with Gasteiger partial charge in [-0.2, -0.15) is 0 Å². The van der Waals surface area contributed by atoms with Crippen LogP contribution in [0.2, 0.25) is 0 Å². The number of ether oxygens (including phenoxy) is 1. The summed E-state index contributed by atoms with van der Waals surface area (Å²) in [5.41, 5.74) is 0. The standard InChI is InChI=1S/C15H33N3O2/c1-5-16-15(17-8-10-20-6-2)18-12-14(7-9-19)11-13(3)4/h13-14,19H,5-12H2,1-4H3,(H2,16,17,18). The van der Waals surface area contributed by atoms with Gasteiger partial charge >= 0.3 is 0 Å². The lowest BCUT2D eigenvalue weighted by Crippen LogP contribution is -2.39. The summed E-state index contributed by atoms with van der Waals surface area (Å²) >= 11 is 0. The van der Waals surface area contributed by atoms with Crippen molar-refractivity contribution in [2.24, 2.45) is 16.8 Å². The average molecular weight is 287 g/mol. The zero-order valence-electron chi connectivity index (χ0n) is 13.6. The highest BCUT2D eigenvalue weighted by Crippen LogP contribution is 2.15. The van der Waals surface area contributed by atoms with Crippen molar-refractivity contribution >= 4 is 5.96 Å². The Morgan fingerprint density at radius 3 is 2.55 bits per heavy atom. The van der Waals surface area contributed by atoms with Crippen LogP contribution in [0.1, 0.15) is 40.5 Å². The van der Waals surface area contributed by atoms with Gasteiger partial charge in [0.15, 0.2) is 5.96 Å². The summed E-state index contributed by atoms with van der Waals surface area (Å²) in [7, 11) is 0. The molecule has 0 aromatic heterocycles. The number of rotatable bonds is 11. The van der Waals surface area contributed by atoms with Gasteiger partial charge in [-0.15, -0.1) is 0 Å². The molecule has 0 spiro atoms. The van der Waals surface area contributed by atoms with E-state index in [0.717, 1.165) is 45.0 Å². The van der Waals surface area contributed by atoms with Crippen molar-refractivity contribution in [2.75, 3.05) is 39.5 Å². The van der Waals surface area contributed by atoms with Gasteiger partial charge in [0.1, 0.15) is 0 Å². The number of aliphatic hydroxyl groups is 1. The van der Waals surface area contributed by atoms with Gasteiger partial charge < -0.3 is 20.5 Å². The SMILES string of the molecule is CCNC(=NCC(CCO)CC(C)C)NCCOCC. The van der Waals surface area contributed by atoms with Crippen molar-refractivity contribution in [2.45, 2.75) is 40.5 Å². The minimum Gasteiger partial charge on any atom is -0.396 e. The number of hydrogen-bond donors (Lipinski definition) is 3. The van der Waals surface area contributed by atoms with Crippen LogP contribution in [-0.2, 0) is 4.74 Å². The first-order valence-corrected chi connectivity index (χ1v) is 7.84. The largest absolute Gasteiger partial charge is 0.396 e. The van der Waals surface area contributed by atoms with Gasteiger partial charge in [0.25, 0.3) is 0 Å². The molecule has 1 unspecified atom stereocenters. The maximum absolute atomic E-state index is 9.12. The second-order valence-corrected chi connectivity index (χ2v) is 5.35. The molecular weight excluding hydrogens is 254 g/mol. The normalized spacial score (nSPS) is 13.6. The van der Waals surface area contributed by atoms with Crippen LogP contribution in [0.3, 0.4) is 0 Å². The van der Waals surface area contributed by atoms with E-state index in [1.165, 1.54) is 0 Å². The van der Waals surface area contributed by atoms with Crippen molar-refractivity contribution < 1.29 is 9.84 Å². The third kappa shape index (κ3) is 11.1. The Hall–Kier alpha value is -0.810. The van der Waals surface area contributed by atoms with Gasteiger partial charge in [-0.1, -0.05) is 13.8 Å². The molecule has 20 heavy (non-hydrogen) atoms. The number of hydrogen-bond acceptors (Lipinski definition) is 3. The molecule has 3 N–H and O–H groups in total. The van der Waals surface area contributed by atoms with E-state index in [1.54, 1.807) is 0 Å². The summed E-state index contributed by atoms with van der Waals surface area (Å²) in [6, 6.07) is 0. The first-order chi connectivity index (χ1) is 9.63. The quantitative estimate of drug-likeness (QED) is 0.307. The topological polar surface area (TPSA) is 65.9 Å². The van der Waals surface area contributed by atoms with E-state index in [4.69, 9.17) is 9.84 Å². The molecule has 0 aliphatic rings. The summed E-state index contributed by atoms with van der Waals surface area (Å²) in [6.45, 7) is 12.5. The third-order valence-corrected chi connectivity index (χ3v) is 2.94. The Labute approximate surface area is 124 Å². The summed E-state index contributed by atoms with van der Waals surface area (Å²) in [5, 5.41) is 15.6. The first kappa shape index (κ1) is 19.2. The molecule has 0 aliphatic carbocycles. The van der Waals surface area contributed by atoms with E-state index in [0.29, 0.717) is 18.4 Å². The molecule has 0 aromatic carbocycles. The van der Waals surface area contributed by atoms with Gasteiger partial charge in [-0.3, -0.25) is 4.99 Å². The molecule has 0 aromatic rings. The highest BCUT2D eigenvalue weighted by atomic mass is 16.5. The van der Waals surface area contributed by atoms with E-state index >= 15 is 0 Å². The molecule has 5 nitrogen and oxygen atoms in total. The van der Waals surface area contributed by atoms with Crippen molar-refractivity contribution in [3.8, 4) is 0 Å². The van der Waals surface area contributed by atoms with Crippen LogP contribution in [-0.4, -0.2) is 50.5 Å². The highest BCUT2D eigenvalue weighted by molar-refractivity contribution is 5.79. The Balaban J connectivity index is 4.24. The van der Waals surface area contributed by atoms with Gasteiger partial charge in [0, 0.05) is 32.8 Å². The molecule has 0 heterocycles. The fourth-order valence-corrected chi connectivity index (χ4v) is 2.08. The lowest BCUT2D eigenvalue weighted by atomic mass is 9.94. The number of nitrogens with zero attached hydrogens (tertiary/aromatic N) is 1. The molecule has 0 fully saturated rings. The molecule has 0 bridgehead atoms. The van der Waals surface area contributed by atoms with E-state index in [2.05, 4.69) is 36.4 Å². The van der Waals surface area contributed by atoms with Crippen LogP contribution in [0.25, 0.3) is 0 Å². The number of nitrogens with one attached hydrogen (secondary N) is 2. The summed E-state index contributed by atoms with van der Waals surface area (Å²) in [6.07, 6.45) is 1.92. The smallest absolute Gasteiger partial charge is 0.191 e. The molecule has 0 amide bonds. The maximum atomic E-state index is 9.12. The minimum absolute atomic E-state index is 0.237. The Morgan fingerprint density at radius 1 is 1.25 bits per heavy atom. The van der Waals surface area contributed by atoms with E-state index in [9.17, 15) is 0 Å². The molecule has 0 saturated carbocycles. The summed E-state index contributed by atoms with van der Waals surface area (Å²) < 4.78 is 5.30. The van der Waals surface area contributed by atoms with Crippen LogP contribution >= 0.6 is 0 Å². The molecule has 1 atom stereocenters. The van der Waals surface area contributed by atoms with Crippen molar-refractivity contribution in [1.82, 2.24) is 10.6 Å². The van der Waals surface area contributed by atoms with E-state index in [1.807, 2.05) is 6.92 Å². The molecule has 0 radical (unpaired) electrons. The van der Waals surface area contributed by atoms with Crippen molar-refractivity contribution in [1.29, 1.82) is 0 Å². The number of aliphatic imine (C=N–C) groups is 1.